The van der Waals surface area contributed by atoms with E-state index in [1.54, 1.807) is 11.3 Å². The third-order valence-electron chi connectivity index (χ3n) is 3.57. The highest BCUT2D eigenvalue weighted by Crippen LogP contribution is 2.22. The zero-order valence-electron chi connectivity index (χ0n) is 12.9. The van der Waals surface area contributed by atoms with Gasteiger partial charge in [-0.3, -0.25) is 0 Å². The molecule has 21 heavy (non-hydrogen) atoms. The van der Waals surface area contributed by atoms with Crippen LogP contribution in [0.1, 0.15) is 34.7 Å². The van der Waals surface area contributed by atoms with Crippen LogP contribution in [0.25, 0.3) is 0 Å². The Hall–Kier alpha value is -0.680. The SMILES string of the molecule is Cc1cc(C)cc(C(N)CCN(C)Cc2csc(Br)c2)c1. The maximum atomic E-state index is 6.35. The molecule has 2 aromatic rings. The largest absolute Gasteiger partial charge is 0.324 e. The maximum absolute atomic E-state index is 6.35. The van der Waals surface area contributed by atoms with Crippen molar-refractivity contribution in [2.45, 2.75) is 32.9 Å². The van der Waals surface area contributed by atoms with Crippen molar-refractivity contribution in [1.82, 2.24) is 4.90 Å². The van der Waals surface area contributed by atoms with E-state index >= 15 is 0 Å². The van der Waals surface area contributed by atoms with Crippen LogP contribution in [-0.4, -0.2) is 18.5 Å². The zero-order chi connectivity index (χ0) is 15.4. The van der Waals surface area contributed by atoms with Gasteiger partial charge in [0.05, 0.1) is 3.79 Å². The van der Waals surface area contributed by atoms with E-state index in [9.17, 15) is 0 Å². The van der Waals surface area contributed by atoms with Crippen molar-refractivity contribution in [2.75, 3.05) is 13.6 Å². The van der Waals surface area contributed by atoms with Gasteiger partial charge < -0.3 is 10.6 Å². The Morgan fingerprint density at radius 3 is 2.43 bits per heavy atom. The topological polar surface area (TPSA) is 29.3 Å². The number of hydrogen-bond acceptors (Lipinski definition) is 3. The summed E-state index contributed by atoms with van der Waals surface area (Å²) in [6.45, 7) is 6.23. The molecule has 0 aliphatic rings. The summed E-state index contributed by atoms with van der Waals surface area (Å²) in [4.78, 5) is 2.33. The van der Waals surface area contributed by atoms with Gasteiger partial charge in [0.1, 0.15) is 0 Å². The van der Waals surface area contributed by atoms with E-state index in [-0.39, 0.29) is 6.04 Å². The number of thiophene rings is 1. The first-order valence-corrected chi connectivity index (χ1v) is 8.86. The van der Waals surface area contributed by atoms with Gasteiger partial charge in [0.15, 0.2) is 0 Å². The minimum absolute atomic E-state index is 0.111. The molecule has 1 aromatic heterocycles. The lowest BCUT2D eigenvalue weighted by Crippen LogP contribution is -2.23. The second-order valence-corrected chi connectivity index (χ2v) is 8.10. The van der Waals surface area contributed by atoms with Crippen molar-refractivity contribution in [1.29, 1.82) is 0 Å². The Morgan fingerprint density at radius 1 is 1.19 bits per heavy atom. The Labute approximate surface area is 140 Å². The van der Waals surface area contributed by atoms with E-state index in [1.807, 2.05) is 0 Å². The molecule has 0 radical (unpaired) electrons. The summed E-state index contributed by atoms with van der Waals surface area (Å²) < 4.78 is 1.19. The summed E-state index contributed by atoms with van der Waals surface area (Å²) in [6.07, 6.45) is 0.977. The molecule has 114 valence electrons. The molecule has 0 saturated heterocycles. The molecule has 1 unspecified atom stereocenters. The molecule has 0 aliphatic heterocycles. The van der Waals surface area contributed by atoms with Gasteiger partial charge in [0.25, 0.3) is 0 Å². The molecule has 2 N–H and O–H groups in total. The highest BCUT2D eigenvalue weighted by molar-refractivity contribution is 9.11. The fourth-order valence-electron chi connectivity index (χ4n) is 2.57. The minimum Gasteiger partial charge on any atom is -0.324 e. The summed E-state index contributed by atoms with van der Waals surface area (Å²) >= 11 is 5.24. The van der Waals surface area contributed by atoms with Gasteiger partial charge in [-0.15, -0.1) is 11.3 Å². The maximum Gasteiger partial charge on any atom is 0.0701 e. The first-order chi connectivity index (χ1) is 9.94. The van der Waals surface area contributed by atoms with Crippen molar-refractivity contribution in [3.05, 3.63) is 55.7 Å². The van der Waals surface area contributed by atoms with Crippen LogP contribution in [0, 0.1) is 13.8 Å². The molecule has 0 fully saturated rings. The summed E-state index contributed by atoms with van der Waals surface area (Å²) in [7, 11) is 2.15. The molecular formula is C17H23BrN2S. The van der Waals surface area contributed by atoms with Gasteiger partial charge in [-0.1, -0.05) is 29.3 Å². The van der Waals surface area contributed by atoms with Crippen LogP contribution in [0.2, 0.25) is 0 Å². The molecule has 0 saturated carbocycles. The molecule has 0 spiro atoms. The van der Waals surface area contributed by atoms with Gasteiger partial charge in [0.2, 0.25) is 0 Å². The quantitative estimate of drug-likeness (QED) is 0.805. The standard InChI is InChI=1S/C17H23BrN2S/c1-12-6-13(2)8-15(7-12)16(19)4-5-20(3)10-14-9-17(18)21-11-14/h6-9,11,16H,4-5,10,19H2,1-3H3. The average Bonchev–Trinajstić information content (AvgIpc) is 2.80. The summed E-state index contributed by atoms with van der Waals surface area (Å²) in [5, 5.41) is 2.20. The number of aryl methyl sites for hydroxylation is 2. The Balaban J connectivity index is 1.86. The monoisotopic (exact) mass is 366 g/mol. The van der Waals surface area contributed by atoms with E-state index in [1.165, 1.54) is 26.0 Å². The molecule has 1 atom stereocenters. The number of nitrogens with zero attached hydrogens (tertiary/aromatic N) is 1. The van der Waals surface area contributed by atoms with E-state index < -0.39 is 0 Å². The second kappa shape index (κ2) is 7.54. The zero-order valence-corrected chi connectivity index (χ0v) is 15.3. The smallest absolute Gasteiger partial charge is 0.0701 e. The fraction of sp³-hybridized carbons (Fsp3) is 0.412. The van der Waals surface area contributed by atoms with Gasteiger partial charge in [-0.05, 0) is 72.4 Å². The van der Waals surface area contributed by atoms with Crippen LogP contribution in [0.4, 0.5) is 0 Å². The molecule has 4 heteroatoms. The lowest BCUT2D eigenvalue weighted by Gasteiger charge is -2.19. The van der Waals surface area contributed by atoms with E-state index in [0.717, 1.165) is 19.5 Å². The third-order valence-corrected chi connectivity index (χ3v) is 5.12. The van der Waals surface area contributed by atoms with Crippen molar-refractivity contribution in [3.63, 3.8) is 0 Å². The van der Waals surface area contributed by atoms with Crippen molar-refractivity contribution in [2.24, 2.45) is 5.73 Å². The first kappa shape index (κ1) is 16.7. The van der Waals surface area contributed by atoms with Crippen molar-refractivity contribution >= 4 is 27.3 Å². The molecule has 2 rings (SSSR count). The lowest BCUT2D eigenvalue weighted by atomic mass is 10.00. The van der Waals surface area contributed by atoms with Crippen LogP contribution in [0.15, 0.2) is 33.4 Å². The van der Waals surface area contributed by atoms with Gasteiger partial charge in [-0.2, -0.15) is 0 Å². The van der Waals surface area contributed by atoms with Gasteiger partial charge >= 0.3 is 0 Å². The Morgan fingerprint density at radius 2 is 1.86 bits per heavy atom. The van der Waals surface area contributed by atoms with E-state index in [2.05, 4.69) is 71.4 Å². The summed E-state index contributed by atoms with van der Waals surface area (Å²) in [6, 6.07) is 8.89. The fourth-order valence-corrected chi connectivity index (χ4v) is 3.77. The summed E-state index contributed by atoms with van der Waals surface area (Å²) in [5.74, 6) is 0. The van der Waals surface area contributed by atoms with Gasteiger partial charge in [0, 0.05) is 12.6 Å². The van der Waals surface area contributed by atoms with Gasteiger partial charge in [-0.25, -0.2) is 0 Å². The lowest BCUT2D eigenvalue weighted by molar-refractivity contribution is 0.312. The Kier molecular flexibility index (Phi) is 5.99. The first-order valence-electron chi connectivity index (χ1n) is 7.19. The second-order valence-electron chi connectivity index (χ2n) is 5.81. The number of hydrogen-bond donors (Lipinski definition) is 1. The molecule has 0 aliphatic carbocycles. The highest BCUT2D eigenvalue weighted by Gasteiger charge is 2.09. The third kappa shape index (κ3) is 5.22. The number of nitrogens with two attached hydrogens (primary N) is 1. The molecule has 0 amide bonds. The van der Waals surface area contributed by atoms with E-state index in [4.69, 9.17) is 5.73 Å². The molecule has 1 heterocycles. The summed E-state index contributed by atoms with van der Waals surface area (Å²) in [5.41, 5.74) is 11.5. The van der Waals surface area contributed by atoms with Crippen LogP contribution >= 0.6 is 27.3 Å². The highest BCUT2D eigenvalue weighted by atomic mass is 79.9. The Bertz CT molecular complexity index is 574. The number of halogens is 1. The minimum atomic E-state index is 0.111. The van der Waals surface area contributed by atoms with Crippen LogP contribution < -0.4 is 5.73 Å². The number of rotatable bonds is 6. The average molecular weight is 367 g/mol. The van der Waals surface area contributed by atoms with E-state index in [0.29, 0.717) is 0 Å². The number of benzene rings is 1. The predicted molar refractivity (Wildman–Crippen MR) is 95.8 cm³/mol. The normalized spacial score (nSPS) is 12.9. The van der Waals surface area contributed by atoms with Crippen LogP contribution in [0.3, 0.4) is 0 Å². The van der Waals surface area contributed by atoms with Crippen molar-refractivity contribution < 1.29 is 0 Å². The predicted octanol–water partition coefficient (Wildman–Crippen LogP) is 4.65. The molecular weight excluding hydrogens is 344 g/mol. The molecule has 2 nitrogen and oxygen atoms in total. The molecule has 1 aromatic carbocycles. The van der Waals surface area contributed by atoms with Crippen molar-refractivity contribution in [3.8, 4) is 0 Å². The van der Waals surface area contributed by atoms with Crippen LogP contribution in [0.5, 0.6) is 0 Å². The van der Waals surface area contributed by atoms with Crippen LogP contribution in [-0.2, 0) is 6.54 Å². The molecule has 0 bridgehead atoms.